The van der Waals surface area contributed by atoms with Gasteiger partial charge in [-0.05, 0) is 46.8 Å². The van der Waals surface area contributed by atoms with Crippen molar-refractivity contribution < 1.29 is 23.8 Å². The predicted octanol–water partition coefficient (Wildman–Crippen LogP) is 3.02. The van der Waals surface area contributed by atoms with E-state index in [1.54, 1.807) is 20.8 Å². The summed E-state index contributed by atoms with van der Waals surface area (Å²) in [6.45, 7) is 8.07. The first-order valence-corrected chi connectivity index (χ1v) is 6.79. The normalized spacial score (nSPS) is 16.0. The Labute approximate surface area is 124 Å². The number of rotatable bonds is 4. The maximum absolute atomic E-state index is 14.1. The molecule has 0 aliphatic heterocycles. The first-order valence-electron chi connectivity index (χ1n) is 6.79. The Bertz CT molecular complexity index is 517. The molecule has 2 unspecified atom stereocenters. The van der Waals surface area contributed by atoms with Crippen LogP contribution in [0.25, 0.3) is 0 Å². The van der Waals surface area contributed by atoms with Crippen LogP contribution in [0.1, 0.15) is 40.2 Å². The van der Waals surface area contributed by atoms with Crippen LogP contribution >= 0.6 is 0 Å². The number of methoxy groups -OCH3 is 1. The zero-order valence-corrected chi connectivity index (χ0v) is 13.4. The molecule has 5 heteroatoms. The Morgan fingerprint density at radius 1 is 1.29 bits per heavy atom. The highest BCUT2D eigenvalue weighted by molar-refractivity contribution is 5.74. The zero-order valence-electron chi connectivity index (χ0n) is 13.4. The van der Waals surface area contributed by atoms with Crippen LogP contribution in [0.4, 0.5) is 4.39 Å². The second kappa shape index (κ2) is 6.02. The van der Waals surface area contributed by atoms with Crippen LogP contribution < -0.4 is 4.74 Å². The van der Waals surface area contributed by atoms with Crippen molar-refractivity contribution in [3.8, 4) is 5.75 Å². The van der Waals surface area contributed by atoms with Gasteiger partial charge in [-0.25, -0.2) is 4.39 Å². The lowest BCUT2D eigenvalue weighted by Crippen LogP contribution is -2.40. The van der Waals surface area contributed by atoms with Gasteiger partial charge < -0.3 is 14.6 Å². The zero-order chi connectivity index (χ0) is 16.4. The minimum Gasteiger partial charge on any atom is -0.496 e. The average molecular weight is 298 g/mol. The van der Waals surface area contributed by atoms with Crippen LogP contribution in [0.5, 0.6) is 5.75 Å². The number of carbonyl (C=O) groups is 1. The van der Waals surface area contributed by atoms with Crippen molar-refractivity contribution in [1.29, 1.82) is 0 Å². The SMILES string of the molecule is COc1cccc(F)c1C(C)(O)C(C)C(=O)OC(C)(C)C. The Balaban J connectivity index is 3.19. The summed E-state index contributed by atoms with van der Waals surface area (Å²) >= 11 is 0. The second-order valence-electron chi connectivity index (χ2n) is 6.22. The van der Waals surface area contributed by atoms with Gasteiger partial charge in [0.25, 0.3) is 0 Å². The molecule has 0 radical (unpaired) electrons. The van der Waals surface area contributed by atoms with Crippen molar-refractivity contribution in [2.75, 3.05) is 7.11 Å². The highest BCUT2D eigenvalue weighted by Crippen LogP contribution is 2.38. The lowest BCUT2D eigenvalue weighted by Gasteiger charge is -2.32. The minimum atomic E-state index is -1.75. The number of halogens is 1. The van der Waals surface area contributed by atoms with Gasteiger partial charge in [0, 0.05) is 0 Å². The van der Waals surface area contributed by atoms with E-state index in [2.05, 4.69) is 0 Å². The lowest BCUT2D eigenvalue weighted by molar-refractivity contribution is -0.168. The molecule has 0 heterocycles. The van der Waals surface area contributed by atoms with Gasteiger partial charge in [0.15, 0.2) is 0 Å². The summed E-state index contributed by atoms with van der Waals surface area (Å²) in [7, 11) is 1.38. The van der Waals surface area contributed by atoms with Gasteiger partial charge in [-0.1, -0.05) is 6.07 Å². The number of hydrogen-bond donors (Lipinski definition) is 1. The summed E-state index contributed by atoms with van der Waals surface area (Å²) in [6.07, 6.45) is 0. The molecule has 0 bridgehead atoms. The molecular weight excluding hydrogens is 275 g/mol. The Kier molecular flexibility index (Phi) is 4.99. The summed E-state index contributed by atoms with van der Waals surface area (Å²) in [5.41, 5.74) is -2.48. The standard InChI is InChI=1S/C16H23FO4/c1-10(14(18)21-15(2,3)4)16(5,19)13-11(17)8-7-9-12(13)20-6/h7-10,19H,1-6H3. The van der Waals surface area contributed by atoms with Crippen molar-refractivity contribution in [3.63, 3.8) is 0 Å². The molecule has 4 nitrogen and oxygen atoms in total. The summed E-state index contributed by atoms with van der Waals surface area (Å²) in [4.78, 5) is 12.1. The maximum atomic E-state index is 14.1. The maximum Gasteiger partial charge on any atom is 0.312 e. The van der Waals surface area contributed by atoms with Crippen LogP contribution in [0.3, 0.4) is 0 Å². The molecule has 0 fully saturated rings. The van der Waals surface area contributed by atoms with Gasteiger partial charge in [-0.3, -0.25) is 4.79 Å². The van der Waals surface area contributed by atoms with Crippen LogP contribution in [0.2, 0.25) is 0 Å². The molecule has 1 N–H and O–H groups in total. The van der Waals surface area contributed by atoms with Crippen molar-refractivity contribution >= 4 is 5.97 Å². The van der Waals surface area contributed by atoms with Gasteiger partial charge in [0.1, 0.15) is 22.8 Å². The topological polar surface area (TPSA) is 55.8 Å². The predicted molar refractivity (Wildman–Crippen MR) is 77.5 cm³/mol. The Morgan fingerprint density at radius 3 is 2.33 bits per heavy atom. The van der Waals surface area contributed by atoms with E-state index in [1.165, 1.54) is 39.2 Å². The third-order valence-electron chi connectivity index (χ3n) is 3.30. The van der Waals surface area contributed by atoms with Crippen molar-refractivity contribution in [2.24, 2.45) is 5.92 Å². The summed E-state index contributed by atoms with van der Waals surface area (Å²) in [6, 6.07) is 4.23. The van der Waals surface area contributed by atoms with Gasteiger partial charge in [0.05, 0.1) is 18.6 Å². The molecule has 1 aromatic rings. The Hall–Kier alpha value is -1.62. The molecule has 0 saturated heterocycles. The number of ether oxygens (including phenoxy) is 2. The van der Waals surface area contributed by atoms with Gasteiger partial charge in [-0.15, -0.1) is 0 Å². The van der Waals surface area contributed by atoms with Crippen LogP contribution in [-0.2, 0) is 15.1 Å². The molecule has 21 heavy (non-hydrogen) atoms. The average Bonchev–Trinajstić information content (AvgIpc) is 2.34. The van der Waals surface area contributed by atoms with Crippen molar-refractivity contribution in [3.05, 3.63) is 29.6 Å². The van der Waals surface area contributed by atoms with E-state index in [4.69, 9.17) is 9.47 Å². The van der Waals surface area contributed by atoms with Crippen LogP contribution in [0, 0.1) is 11.7 Å². The molecule has 0 aliphatic rings. The molecular formula is C16H23FO4. The molecule has 0 aliphatic carbocycles. The number of carbonyl (C=O) groups excluding carboxylic acids is 1. The molecule has 0 amide bonds. The van der Waals surface area contributed by atoms with E-state index < -0.39 is 28.9 Å². The molecule has 1 rings (SSSR count). The third kappa shape index (κ3) is 3.94. The minimum absolute atomic E-state index is 0.0501. The molecule has 0 spiro atoms. The quantitative estimate of drug-likeness (QED) is 0.868. The molecule has 118 valence electrons. The van der Waals surface area contributed by atoms with Gasteiger partial charge in [-0.2, -0.15) is 0 Å². The number of hydrogen-bond acceptors (Lipinski definition) is 4. The fourth-order valence-electron chi connectivity index (χ4n) is 2.00. The molecule has 0 aromatic heterocycles. The van der Waals surface area contributed by atoms with Crippen LogP contribution in [-0.4, -0.2) is 23.8 Å². The van der Waals surface area contributed by atoms with Crippen LogP contribution in [0.15, 0.2) is 18.2 Å². The van der Waals surface area contributed by atoms with Crippen molar-refractivity contribution in [1.82, 2.24) is 0 Å². The fraction of sp³-hybridized carbons (Fsp3) is 0.562. The largest absolute Gasteiger partial charge is 0.496 e. The van der Waals surface area contributed by atoms with E-state index in [1.807, 2.05) is 0 Å². The first kappa shape index (κ1) is 17.4. The van der Waals surface area contributed by atoms with Crippen molar-refractivity contribution in [2.45, 2.75) is 45.8 Å². The third-order valence-corrected chi connectivity index (χ3v) is 3.30. The fourth-order valence-corrected chi connectivity index (χ4v) is 2.00. The number of aliphatic hydroxyl groups is 1. The summed E-state index contributed by atoms with van der Waals surface area (Å²) in [5.74, 6) is -1.99. The first-order chi connectivity index (χ1) is 9.50. The van der Waals surface area contributed by atoms with Gasteiger partial charge >= 0.3 is 5.97 Å². The molecule has 2 atom stereocenters. The van der Waals surface area contributed by atoms with E-state index in [0.29, 0.717) is 0 Å². The Morgan fingerprint density at radius 2 is 1.86 bits per heavy atom. The molecule has 1 aromatic carbocycles. The smallest absolute Gasteiger partial charge is 0.312 e. The summed E-state index contributed by atoms with van der Waals surface area (Å²) in [5, 5.41) is 10.7. The van der Waals surface area contributed by atoms with E-state index >= 15 is 0 Å². The monoisotopic (exact) mass is 298 g/mol. The highest BCUT2D eigenvalue weighted by Gasteiger charge is 2.41. The highest BCUT2D eigenvalue weighted by atomic mass is 19.1. The second-order valence-corrected chi connectivity index (χ2v) is 6.22. The van der Waals surface area contributed by atoms with E-state index in [-0.39, 0.29) is 11.3 Å². The van der Waals surface area contributed by atoms with Gasteiger partial charge in [0.2, 0.25) is 0 Å². The van der Waals surface area contributed by atoms with E-state index in [9.17, 15) is 14.3 Å². The summed E-state index contributed by atoms with van der Waals surface area (Å²) < 4.78 is 24.5. The number of benzene rings is 1. The molecule has 0 saturated carbocycles. The number of esters is 1. The lowest BCUT2D eigenvalue weighted by atomic mass is 9.83. The van der Waals surface area contributed by atoms with E-state index in [0.717, 1.165) is 0 Å².